The number of benzene rings is 3. The second kappa shape index (κ2) is 15.0. The molecule has 0 unspecified atom stereocenters. The highest BCUT2D eigenvalue weighted by molar-refractivity contribution is 6.33. The van der Waals surface area contributed by atoms with E-state index in [9.17, 15) is 19.2 Å². The number of hydrogen-bond acceptors (Lipinski definition) is 6. The molecule has 2 saturated heterocycles. The van der Waals surface area contributed by atoms with Gasteiger partial charge in [-0.2, -0.15) is 5.26 Å². The Kier molecular flexibility index (Phi) is 10.3. The Morgan fingerprint density at radius 1 is 1.12 bits per heavy atom. The van der Waals surface area contributed by atoms with Crippen molar-refractivity contribution in [2.24, 2.45) is 0 Å². The van der Waals surface area contributed by atoms with E-state index < -0.39 is 5.82 Å². The monoisotopic (exact) mass is 712 g/mol. The van der Waals surface area contributed by atoms with Gasteiger partial charge >= 0.3 is 6.03 Å². The van der Waals surface area contributed by atoms with Crippen LogP contribution in [-0.4, -0.2) is 79.5 Å². The number of aromatic nitrogens is 1. The summed E-state index contributed by atoms with van der Waals surface area (Å²) in [5, 5.41) is 16.9. The molecule has 3 amide bonds. The minimum atomic E-state index is -0.432. The molecular weight excluding hydrogens is 671 g/mol. The molecule has 3 aromatic carbocycles. The van der Waals surface area contributed by atoms with Crippen LogP contribution in [0.25, 0.3) is 22.2 Å². The maximum Gasteiger partial charge on any atom is 0.325 e. The Hall–Kier alpha value is -4.47. The molecule has 0 aliphatic carbocycles. The maximum atomic E-state index is 14.2. The van der Waals surface area contributed by atoms with Crippen LogP contribution in [0.3, 0.4) is 0 Å². The largest absolute Gasteiger partial charge is 0.379 e. The van der Waals surface area contributed by atoms with Crippen LogP contribution < -0.4 is 15.5 Å². The highest BCUT2D eigenvalue weighted by atomic mass is 35.5. The Bertz CT molecular complexity index is 1990. The summed E-state index contributed by atoms with van der Waals surface area (Å²) in [6.45, 7) is 8.17. The van der Waals surface area contributed by atoms with Gasteiger partial charge in [-0.1, -0.05) is 42.8 Å². The minimum absolute atomic E-state index is 0.0385. The van der Waals surface area contributed by atoms with Crippen molar-refractivity contribution in [3.05, 3.63) is 87.2 Å². The molecular formula is C39H42ClFN6O4. The molecule has 3 aliphatic rings. The van der Waals surface area contributed by atoms with Gasteiger partial charge in [-0.05, 0) is 85.7 Å². The number of aromatic amines is 1. The van der Waals surface area contributed by atoms with E-state index in [0.717, 1.165) is 71.4 Å². The molecule has 4 aromatic rings. The summed E-state index contributed by atoms with van der Waals surface area (Å²) in [5.74, 6) is -0.674. The third-order valence-electron chi connectivity index (χ3n) is 10.4. The number of anilines is 1. The lowest BCUT2D eigenvalue weighted by atomic mass is 9.99. The van der Waals surface area contributed by atoms with Gasteiger partial charge in [-0.25, -0.2) is 9.18 Å². The Morgan fingerprint density at radius 2 is 1.94 bits per heavy atom. The van der Waals surface area contributed by atoms with Gasteiger partial charge in [0.15, 0.2) is 0 Å². The molecule has 10 nitrogen and oxygen atoms in total. The number of nitrogens with one attached hydrogen (secondary N) is 3. The first-order valence-corrected chi connectivity index (χ1v) is 18.1. The van der Waals surface area contributed by atoms with Crippen LogP contribution >= 0.6 is 11.6 Å². The predicted octanol–water partition coefficient (Wildman–Crippen LogP) is 6.47. The number of nitriles is 1. The number of carbonyl (C=O) groups is 2. The highest BCUT2D eigenvalue weighted by Crippen LogP contribution is 2.41. The molecule has 266 valence electrons. The van der Waals surface area contributed by atoms with E-state index in [-0.39, 0.29) is 30.1 Å². The van der Waals surface area contributed by atoms with Crippen molar-refractivity contribution >= 4 is 40.1 Å². The van der Waals surface area contributed by atoms with E-state index in [1.807, 2.05) is 22.8 Å². The maximum absolute atomic E-state index is 14.2. The number of urea groups is 1. The summed E-state index contributed by atoms with van der Waals surface area (Å²) >= 11 is 6.46. The van der Waals surface area contributed by atoms with Gasteiger partial charge in [0, 0.05) is 42.8 Å². The highest BCUT2D eigenvalue weighted by Gasteiger charge is 2.53. The summed E-state index contributed by atoms with van der Waals surface area (Å²) < 4.78 is 26.4. The van der Waals surface area contributed by atoms with E-state index in [1.54, 1.807) is 6.07 Å². The molecule has 3 aliphatic heterocycles. The van der Waals surface area contributed by atoms with E-state index in [2.05, 4.69) is 52.9 Å². The van der Waals surface area contributed by atoms with Gasteiger partial charge in [0.25, 0.3) is 5.91 Å². The van der Waals surface area contributed by atoms with Crippen molar-refractivity contribution in [3.63, 3.8) is 0 Å². The first-order chi connectivity index (χ1) is 24.8. The number of nitrogens with zero attached hydrogens (tertiary/aromatic N) is 3. The number of halogens is 2. The van der Waals surface area contributed by atoms with Gasteiger partial charge in [-0.15, -0.1) is 0 Å². The number of hydrogen-bond donors (Lipinski definition) is 3. The number of fused-ring (bicyclic) bond motifs is 1. The molecule has 3 atom stereocenters. The molecule has 12 heteroatoms. The Balaban J connectivity index is 0.842. The van der Waals surface area contributed by atoms with Crippen molar-refractivity contribution in [2.75, 3.05) is 44.4 Å². The summed E-state index contributed by atoms with van der Waals surface area (Å²) in [4.78, 5) is 33.1. The quantitative estimate of drug-likeness (QED) is 0.137. The van der Waals surface area contributed by atoms with Crippen LogP contribution in [0.2, 0.25) is 5.02 Å². The molecule has 51 heavy (non-hydrogen) atoms. The van der Waals surface area contributed by atoms with Gasteiger partial charge < -0.3 is 30.0 Å². The molecule has 0 spiro atoms. The molecule has 0 radical (unpaired) electrons. The summed E-state index contributed by atoms with van der Waals surface area (Å²) in [7, 11) is 0. The fraction of sp³-hybridized carbons (Fsp3) is 0.410. The van der Waals surface area contributed by atoms with Crippen LogP contribution in [0.4, 0.5) is 14.9 Å². The molecule has 0 saturated carbocycles. The van der Waals surface area contributed by atoms with E-state index >= 15 is 0 Å². The number of carbonyl (C=O) groups excluding carboxylic acids is 2. The second-order valence-corrected chi connectivity index (χ2v) is 13.8. The first kappa shape index (κ1) is 35.0. The Morgan fingerprint density at radius 3 is 2.73 bits per heavy atom. The second-order valence-electron chi connectivity index (χ2n) is 13.4. The smallest absolute Gasteiger partial charge is 0.325 e. The van der Waals surface area contributed by atoms with Crippen LogP contribution in [0, 0.1) is 24.1 Å². The van der Waals surface area contributed by atoms with Crippen molar-refractivity contribution in [1.29, 1.82) is 5.26 Å². The summed E-state index contributed by atoms with van der Waals surface area (Å²) in [6.07, 6.45) is 3.02. The van der Waals surface area contributed by atoms with Gasteiger partial charge in [0.2, 0.25) is 0 Å². The normalized spacial score (nSPS) is 19.8. The summed E-state index contributed by atoms with van der Waals surface area (Å²) in [5.41, 5.74) is 7.01. The topological polar surface area (TPSA) is 123 Å². The average Bonchev–Trinajstić information content (AvgIpc) is 3.76. The van der Waals surface area contributed by atoms with Crippen LogP contribution in [0.5, 0.6) is 0 Å². The lowest BCUT2D eigenvalue weighted by Gasteiger charge is -2.29. The zero-order chi connectivity index (χ0) is 35.6. The third-order valence-corrected chi connectivity index (χ3v) is 10.9. The van der Waals surface area contributed by atoms with Gasteiger partial charge in [0.05, 0.1) is 53.2 Å². The van der Waals surface area contributed by atoms with Crippen molar-refractivity contribution < 1.29 is 23.5 Å². The number of rotatable bonds is 13. The summed E-state index contributed by atoms with van der Waals surface area (Å²) in [6, 6.07) is 16.5. The SMILES string of the molecule is CC[C@H]1[C@@H]2[C@@H](OCCOCCCNCc3ccc(-c4[nH]c5cc(F)cc6c5c4CCNC6=O)cc3)CCN2C(=O)N1c1ccc(C#N)c(Cl)c1C. The van der Waals surface area contributed by atoms with Gasteiger partial charge in [-0.3, -0.25) is 9.69 Å². The average molecular weight is 713 g/mol. The predicted molar refractivity (Wildman–Crippen MR) is 195 cm³/mol. The lowest BCUT2D eigenvalue weighted by Crippen LogP contribution is -2.42. The molecule has 2 fully saturated rings. The molecule has 1 aromatic heterocycles. The van der Waals surface area contributed by atoms with Crippen molar-refractivity contribution in [3.8, 4) is 17.3 Å². The third kappa shape index (κ3) is 6.69. The zero-order valence-electron chi connectivity index (χ0n) is 28.9. The molecule has 4 heterocycles. The minimum Gasteiger partial charge on any atom is -0.379 e. The number of amides is 3. The standard InChI is InChI=1S/C39H42ClFN6O4/c1-3-31-37-33(12-15-46(37)39(49)47(31)32-10-9-26(21-42)35(40)23(32)2)51-18-17-50-16-4-13-43-22-24-5-7-25(8-6-24)36-28-11-14-44-38(48)29-19-27(41)20-30(45-36)34(28)29/h5-10,19-20,31,33,37,43,45H,3-4,11-18,22H2,1-2H3,(H,44,48)/t31-,33-,37+/m0/s1. The number of H-pyrrole nitrogens is 1. The van der Waals surface area contributed by atoms with Crippen LogP contribution in [0.1, 0.15) is 58.8 Å². The van der Waals surface area contributed by atoms with Crippen LogP contribution in [0.15, 0.2) is 48.5 Å². The van der Waals surface area contributed by atoms with E-state index in [4.69, 9.17) is 21.1 Å². The van der Waals surface area contributed by atoms with E-state index in [1.165, 1.54) is 12.1 Å². The van der Waals surface area contributed by atoms with Gasteiger partial charge in [0.1, 0.15) is 11.9 Å². The molecule has 3 N–H and O–H groups in total. The Labute approximate surface area is 301 Å². The van der Waals surface area contributed by atoms with Crippen molar-refractivity contribution in [2.45, 2.75) is 64.3 Å². The fourth-order valence-corrected chi connectivity index (χ4v) is 8.13. The molecule has 7 rings (SSSR count). The van der Waals surface area contributed by atoms with E-state index in [0.29, 0.717) is 61.0 Å². The first-order valence-electron chi connectivity index (χ1n) is 17.7. The van der Waals surface area contributed by atoms with Crippen LogP contribution in [-0.2, 0) is 22.4 Å². The molecule has 0 bridgehead atoms. The zero-order valence-corrected chi connectivity index (χ0v) is 29.6. The number of ether oxygens (including phenoxy) is 2. The lowest BCUT2D eigenvalue weighted by molar-refractivity contribution is -0.00727. The van der Waals surface area contributed by atoms with Crippen molar-refractivity contribution in [1.82, 2.24) is 20.5 Å². The fourth-order valence-electron chi connectivity index (χ4n) is 7.93.